The lowest BCUT2D eigenvalue weighted by molar-refractivity contribution is -0.118. The number of nitrogens with two attached hydrogens (primary N) is 1. The van der Waals surface area contributed by atoms with E-state index in [1.54, 1.807) is 0 Å². The molecule has 0 fully saturated rings. The van der Waals surface area contributed by atoms with E-state index in [0.717, 1.165) is 25.7 Å². The van der Waals surface area contributed by atoms with Gasteiger partial charge in [0.05, 0.1) is 0 Å². The molecule has 1 amide bonds. The molecule has 0 atom stereocenters. The number of fused-ring (bicyclic) bond motifs is 1. The van der Waals surface area contributed by atoms with Gasteiger partial charge in [0.2, 0.25) is 5.91 Å². The van der Waals surface area contributed by atoms with Crippen molar-refractivity contribution in [3.05, 3.63) is 36.0 Å². The van der Waals surface area contributed by atoms with Crippen LogP contribution in [0.25, 0.3) is 10.9 Å². The van der Waals surface area contributed by atoms with Crippen molar-refractivity contribution < 1.29 is 4.79 Å². The van der Waals surface area contributed by atoms with Crippen LogP contribution in [-0.4, -0.2) is 10.9 Å². The maximum Gasteiger partial charge on any atom is 0.217 e. The molecule has 0 aliphatic carbocycles. The second kappa shape index (κ2) is 6.24. The molecular weight excluding hydrogens is 224 g/mol. The van der Waals surface area contributed by atoms with Crippen LogP contribution in [-0.2, 0) is 11.2 Å². The Morgan fingerprint density at radius 3 is 2.72 bits per heavy atom. The second-order valence-electron chi connectivity index (χ2n) is 4.74. The molecule has 1 aromatic heterocycles. The Morgan fingerprint density at radius 1 is 1.11 bits per heavy atom. The third-order valence-electron chi connectivity index (χ3n) is 3.29. The minimum absolute atomic E-state index is 0.188. The van der Waals surface area contributed by atoms with Crippen molar-refractivity contribution in [3.8, 4) is 0 Å². The van der Waals surface area contributed by atoms with Gasteiger partial charge in [0.25, 0.3) is 0 Å². The first kappa shape index (κ1) is 12.7. The molecule has 0 aliphatic heterocycles. The molecule has 0 saturated heterocycles. The van der Waals surface area contributed by atoms with Gasteiger partial charge in [0, 0.05) is 23.5 Å². The number of carbonyl (C=O) groups excluding carboxylic acids is 1. The number of H-pyrrole nitrogens is 1. The number of unbranched alkanes of at least 4 members (excludes halogenated alkanes) is 3. The zero-order valence-corrected chi connectivity index (χ0v) is 10.6. The molecule has 1 heterocycles. The first-order valence-electron chi connectivity index (χ1n) is 6.60. The topological polar surface area (TPSA) is 58.9 Å². The molecule has 18 heavy (non-hydrogen) atoms. The molecule has 0 saturated carbocycles. The molecule has 0 radical (unpaired) electrons. The van der Waals surface area contributed by atoms with Crippen molar-refractivity contribution in [2.75, 3.05) is 0 Å². The first-order chi connectivity index (χ1) is 8.77. The smallest absolute Gasteiger partial charge is 0.217 e. The number of primary amides is 1. The van der Waals surface area contributed by atoms with Crippen molar-refractivity contribution in [1.29, 1.82) is 0 Å². The van der Waals surface area contributed by atoms with Crippen molar-refractivity contribution in [1.82, 2.24) is 4.98 Å². The number of amides is 1. The molecule has 3 N–H and O–H groups in total. The standard InChI is InChI=1S/C15H20N2O/c16-15(18)10-4-2-1-3-7-12-11-17-14-9-6-5-8-13(12)14/h5-6,8-9,11,17H,1-4,7,10H2,(H2,16,18). The summed E-state index contributed by atoms with van der Waals surface area (Å²) in [4.78, 5) is 13.9. The lowest BCUT2D eigenvalue weighted by Crippen LogP contribution is -2.09. The van der Waals surface area contributed by atoms with Crippen molar-refractivity contribution >= 4 is 16.8 Å². The minimum atomic E-state index is -0.188. The quantitative estimate of drug-likeness (QED) is 0.722. The van der Waals surface area contributed by atoms with Crippen LogP contribution >= 0.6 is 0 Å². The lowest BCUT2D eigenvalue weighted by atomic mass is 10.0. The number of hydrogen-bond donors (Lipinski definition) is 2. The van der Waals surface area contributed by atoms with E-state index in [1.807, 2.05) is 6.07 Å². The largest absolute Gasteiger partial charge is 0.370 e. The third kappa shape index (κ3) is 3.36. The molecule has 0 unspecified atom stereocenters. The van der Waals surface area contributed by atoms with E-state index in [1.165, 1.54) is 22.9 Å². The van der Waals surface area contributed by atoms with Gasteiger partial charge in [0.15, 0.2) is 0 Å². The van der Waals surface area contributed by atoms with E-state index in [9.17, 15) is 4.79 Å². The van der Waals surface area contributed by atoms with Gasteiger partial charge in [-0.1, -0.05) is 31.0 Å². The molecule has 0 spiro atoms. The number of hydrogen-bond acceptors (Lipinski definition) is 1. The summed E-state index contributed by atoms with van der Waals surface area (Å²) in [5, 5.41) is 1.33. The van der Waals surface area contributed by atoms with Gasteiger partial charge >= 0.3 is 0 Å². The Labute approximate surface area is 107 Å². The summed E-state index contributed by atoms with van der Waals surface area (Å²) in [6, 6.07) is 8.39. The molecule has 2 aromatic rings. The van der Waals surface area contributed by atoms with Crippen LogP contribution < -0.4 is 5.73 Å². The Morgan fingerprint density at radius 2 is 1.89 bits per heavy atom. The lowest BCUT2D eigenvalue weighted by Gasteiger charge is -2.00. The number of para-hydroxylation sites is 1. The number of carbonyl (C=O) groups is 1. The molecule has 0 bridgehead atoms. The summed E-state index contributed by atoms with van der Waals surface area (Å²) in [6.07, 6.45) is 8.06. The fraction of sp³-hybridized carbons (Fsp3) is 0.400. The van der Waals surface area contributed by atoms with Crippen LogP contribution in [0, 0.1) is 0 Å². The van der Waals surface area contributed by atoms with E-state index in [4.69, 9.17) is 5.73 Å². The monoisotopic (exact) mass is 244 g/mol. The minimum Gasteiger partial charge on any atom is -0.370 e. The summed E-state index contributed by atoms with van der Waals surface area (Å²) in [6.45, 7) is 0. The number of benzene rings is 1. The maximum absolute atomic E-state index is 10.6. The zero-order chi connectivity index (χ0) is 12.8. The van der Waals surface area contributed by atoms with Gasteiger partial charge in [-0.2, -0.15) is 0 Å². The van der Waals surface area contributed by atoms with Crippen LogP contribution in [0.2, 0.25) is 0 Å². The second-order valence-corrected chi connectivity index (χ2v) is 4.74. The van der Waals surface area contributed by atoms with Crippen molar-refractivity contribution in [2.45, 2.75) is 38.5 Å². The van der Waals surface area contributed by atoms with E-state index in [0.29, 0.717) is 6.42 Å². The number of aromatic amines is 1. The van der Waals surface area contributed by atoms with Crippen LogP contribution in [0.1, 0.15) is 37.7 Å². The normalized spacial score (nSPS) is 10.9. The van der Waals surface area contributed by atoms with Gasteiger partial charge in [-0.3, -0.25) is 4.79 Å². The molecular formula is C15H20N2O. The Bertz CT molecular complexity index is 516. The molecule has 3 heteroatoms. The van der Waals surface area contributed by atoms with Crippen LogP contribution in [0.4, 0.5) is 0 Å². The maximum atomic E-state index is 10.6. The van der Waals surface area contributed by atoms with Gasteiger partial charge in [-0.15, -0.1) is 0 Å². The van der Waals surface area contributed by atoms with Crippen LogP contribution in [0.5, 0.6) is 0 Å². The first-order valence-corrected chi connectivity index (χ1v) is 6.60. The van der Waals surface area contributed by atoms with E-state index >= 15 is 0 Å². The summed E-state index contributed by atoms with van der Waals surface area (Å²) in [5.74, 6) is -0.188. The highest BCUT2D eigenvalue weighted by molar-refractivity contribution is 5.82. The average Bonchev–Trinajstić information content (AvgIpc) is 2.77. The van der Waals surface area contributed by atoms with Gasteiger partial charge in [-0.25, -0.2) is 0 Å². The zero-order valence-electron chi connectivity index (χ0n) is 10.6. The highest BCUT2D eigenvalue weighted by Gasteiger charge is 2.02. The summed E-state index contributed by atoms with van der Waals surface area (Å²) in [5.41, 5.74) is 7.70. The molecule has 3 nitrogen and oxygen atoms in total. The Hall–Kier alpha value is -1.77. The van der Waals surface area contributed by atoms with Crippen LogP contribution in [0.3, 0.4) is 0 Å². The van der Waals surface area contributed by atoms with E-state index in [-0.39, 0.29) is 5.91 Å². The Kier molecular flexibility index (Phi) is 4.40. The predicted octanol–water partition coefficient (Wildman–Crippen LogP) is 3.15. The average molecular weight is 244 g/mol. The molecule has 2 rings (SSSR count). The summed E-state index contributed by atoms with van der Waals surface area (Å²) in [7, 11) is 0. The Balaban J connectivity index is 1.75. The highest BCUT2D eigenvalue weighted by atomic mass is 16.1. The number of aromatic nitrogens is 1. The predicted molar refractivity (Wildman–Crippen MR) is 74.3 cm³/mol. The van der Waals surface area contributed by atoms with E-state index < -0.39 is 0 Å². The van der Waals surface area contributed by atoms with Gasteiger partial charge in [-0.05, 0) is 30.9 Å². The SMILES string of the molecule is NC(=O)CCCCCCc1c[nH]c2ccccc12. The molecule has 96 valence electrons. The summed E-state index contributed by atoms with van der Waals surface area (Å²) >= 11 is 0. The van der Waals surface area contributed by atoms with E-state index in [2.05, 4.69) is 29.4 Å². The fourth-order valence-corrected chi connectivity index (χ4v) is 2.31. The van der Waals surface area contributed by atoms with Crippen molar-refractivity contribution in [2.24, 2.45) is 5.73 Å². The van der Waals surface area contributed by atoms with Crippen molar-refractivity contribution in [3.63, 3.8) is 0 Å². The number of rotatable bonds is 7. The van der Waals surface area contributed by atoms with Crippen LogP contribution in [0.15, 0.2) is 30.5 Å². The summed E-state index contributed by atoms with van der Waals surface area (Å²) < 4.78 is 0. The van der Waals surface area contributed by atoms with Gasteiger partial charge in [0.1, 0.15) is 0 Å². The number of aryl methyl sites for hydroxylation is 1. The third-order valence-corrected chi connectivity index (χ3v) is 3.29. The highest BCUT2D eigenvalue weighted by Crippen LogP contribution is 2.19. The number of nitrogens with one attached hydrogen (secondary N) is 1. The van der Waals surface area contributed by atoms with Gasteiger partial charge < -0.3 is 10.7 Å². The fourth-order valence-electron chi connectivity index (χ4n) is 2.31. The molecule has 1 aromatic carbocycles. The molecule has 0 aliphatic rings.